The van der Waals surface area contributed by atoms with Crippen LogP contribution >= 0.6 is 11.6 Å². The zero-order valence-corrected chi connectivity index (χ0v) is 17.1. The summed E-state index contributed by atoms with van der Waals surface area (Å²) in [6, 6.07) is 16.2. The molecule has 4 rings (SSSR count). The molecule has 0 aromatic heterocycles. The van der Waals surface area contributed by atoms with Crippen LogP contribution in [0.15, 0.2) is 78.4 Å². The highest BCUT2D eigenvalue weighted by Gasteiger charge is 2.47. The summed E-state index contributed by atoms with van der Waals surface area (Å²) < 4.78 is 0. The molecule has 0 spiro atoms. The fourth-order valence-electron chi connectivity index (χ4n) is 3.59. The van der Waals surface area contributed by atoms with Crippen molar-refractivity contribution in [2.75, 3.05) is 4.90 Å². The molecule has 1 fully saturated rings. The molecule has 1 unspecified atom stereocenters. The van der Waals surface area contributed by atoms with E-state index in [0.29, 0.717) is 16.3 Å². The summed E-state index contributed by atoms with van der Waals surface area (Å²) in [5.41, 5.74) is 0.583. The number of anilines is 1. The standard InChI is InChI=1S/C23H15ClN2O6/c24-15-2-1-3-17(12-15)25-20(13-6-10-18(27)11-7-13)19(22(29)23(25)30)21(28)14-4-8-16(9-5-14)26(31)32/h1-12,20,27-28H/b21-19+. The zero-order valence-electron chi connectivity index (χ0n) is 16.3. The molecule has 160 valence electrons. The lowest BCUT2D eigenvalue weighted by Gasteiger charge is -2.25. The number of nitro benzene ring substituents is 1. The Balaban J connectivity index is 1.92. The van der Waals surface area contributed by atoms with E-state index in [4.69, 9.17) is 11.6 Å². The number of hydrogen-bond donors (Lipinski definition) is 2. The number of aromatic hydroxyl groups is 1. The lowest BCUT2D eigenvalue weighted by molar-refractivity contribution is -0.384. The van der Waals surface area contributed by atoms with Crippen LogP contribution in [0.5, 0.6) is 5.75 Å². The first-order valence-electron chi connectivity index (χ1n) is 9.38. The number of aliphatic hydroxyl groups is 1. The topological polar surface area (TPSA) is 121 Å². The molecule has 1 saturated heterocycles. The van der Waals surface area contributed by atoms with Gasteiger partial charge in [0.1, 0.15) is 11.5 Å². The summed E-state index contributed by atoms with van der Waals surface area (Å²) in [4.78, 5) is 37.6. The van der Waals surface area contributed by atoms with Crippen LogP contribution in [-0.2, 0) is 9.59 Å². The maximum atomic E-state index is 13.0. The molecule has 1 aliphatic heterocycles. The Morgan fingerprint density at radius 1 is 1.00 bits per heavy atom. The van der Waals surface area contributed by atoms with Gasteiger partial charge in [-0.05, 0) is 48.0 Å². The third-order valence-electron chi connectivity index (χ3n) is 5.09. The molecule has 3 aromatic carbocycles. The molecule has 0 bridgehead atoms. The van der Waals surface area contributed by atoms with Gasteiger partial charge in [0.05, 0.1) is 16.5 Å². The summed E-state index contributed by atoms with van der Waals surface area (Å²) in [6.07, 6.45) is 0. The molecule has 1 atom stereocenters. The predicted molar refractivity (Wildman–Crippen MR) is 117 cm³/mol. The van der Waals surface area contributed by atoms with Crippen LogP contribution in [0.2, 0.25) is 5.02 Å². The summed E-state index contributed by atoms with van der Waals surface area (Å²) in [6.45, 7) is 0. The summed E-state index contributed by atoms with van der Waals surface area (Å²) in [7, 11) is 0. The number of carbonyl (C=O) groups is 2. The Kier molecular flexibility index (Phi) is 5.38. The van der Waals surface area contributed by atoms with Crippen molar-refractivity contribution in [3.8, 4) is 5.75 Å². The number of halogens is 1. The molecule has 3 aromatic rings. The molecule has 0 radical (unpaired) electrons. The maximum Gasteiger partial charge on any atom is 0.300 e. The van der Waals surface area contributed by atoms with Gasteiger partial charge in [0.25, 0.3) is 17.4 Å². The van der Waals surface area contributed by atoms with E-state index in [9.17, 15) is 29.9 Å². The molecule has 32 heavy (non-hydrogen) atoms. The van der Waals surface area contributed by atoms with E-state index in [1.165, 1.54) is 59.5 Å². The number of amides is 1. The number of benzene rings is 3. The second-order valence-electron chi connectivity index (χ2n) is 7.04. The number of aliphatic hydroxyl groups excluding tert-OH is 1. The van der Waals surface area contributed by atoms with Crippen molar-refractivity contribution in [3.63, 3.8) is 0 Å². The average molecular weight is 451 g/mol. The Bertz CT molecular complexity index is 1270. The van der Waals surface area contributed by atoms with Crippen LogP contribution < -0.4 is 4.90 Å². The van der Waals surface area contributed by atoms with E-state index in [-0.39, 0.29) is 22.6 Å². The molecular weight excluding hydrogens is 436 g/mol. The summed E-state index contributed by atoms with van der Waals surface area (Å²) in [5.74, 6) is -2.27. The Hall–Kier alpha value is -4.17. The summed E-state index contributed by atoms with van der Waals surface area (Å²) in [5, 5.41) is 31.9. The van der Waals surface area contributed by atoms with Crippen molar-refractivity contribution in [2.24, 2.45) is 0 Å². The van der Waals surface area contributed by atoms with Crippen LogP contribution in [0.3, 0.4) is 0 Å². The van der Waals surface area contributed by atoms with Gasteiger partial charge in [-0.1, -0.05) is 29.8 Å². The average Bonchev–Trinajstić information content (AvgIpc) is 3.04. The number of phenolic OH excluding ortho intramolecular Hbond substituents is 1. The van der Waals surface area contributed by atoms with Gasteiger partial charge in [0.2, 0.25) is 0 Å². The Morgan fingerprint density at radius 3 is 2.25 bits per heavy atom. The first kappa shape index (κ1) is 21.1. The lowest BCUT2D eigenvalue weighted by atomic mass is 9.95. The highest BCUT2D eigenvalue weighted by molar-refractivity contribution is 6.51. The minimum atomic E-state index is -1.01. The van der Waals surface area contributed by atoms with Gasteiger partial charge in [-0.3, -0.25) is 24.6 Å². The van der Waals surface area contributed by atoms with Gasteiger partial charge in [-0.25, -0.2) is 0 Å². The minimum Gasteiger partial charge on any atom is -0.508 e. The van der Waals surface area contributed by atoms with Crippen molar-refractivity contribution in [2.45, 2.75) is 6.04 Å². The van der Waals surface area contributed by atoms with Crippen molar-refractivity contribution in [3.05, 3.63) is 105 Å². The monoisotopic (exact) mass is 450 g/mol. The molecule has 1 amide bonds. The number of non-ortho nitro benzene ring substituents is 1. The normalized spacial score (nSPS) is 17.5. The highest BCUT2D eigenvalue weighted by atomic mass is 35.5. The maximum absolute atomic E-state index is 13.0. The third-order valence-corrected chi connectivity index (χ3v) is 5.33. The lowest BCUT2D eigenvalue weighted by Crippen LogP contribution is -2.29. The molecule has 9 heteroatoms. The van der Waals surface area contributed by atoms with Gasteiger partial charge in [-0.2, -0.15) is 0 Å². The molecular formula is C23H15ClN2O6. The zero-order chi connectivity index (χ0) is 23.0. The molecule has 1 aliphatic rings. The number of hydrogen-bond acceptors (Lipinski definition) is 6. The number of phenols is 1. The first-order valence-corrected chi connectivity index (χ1v) is 9.76. The quantitative estimate of drug-likeness (QED) is 0.197. The van der Waals surface area contributed by atoms with E-state index in [1.807, 2.05) is 0 Å². The van der Waals surface area contributed by atoms with Crippen LogP contribution in [-0.4, -0.2) is 26.8 Å². The number of nitro groups is 1. The summed E-state index contributed by atoms with van der Waals surface area (Å²) >= 11 is 6.08. The fourth-order valence-corrected chi connectivity index (χ4v) is 3.78. The number of nitrogens with zero attached hydrogens (tertiary/aromatic N) is 2. The predicted octanol–water partition coefficient (Wildman–Crippen LogP) is 4.58. The second-order valence-corrected chi connectivity index (χ2v) is 7.48. The number of carbonyl (C=O) groups excluding carboxylic acids is 2. The SMILES string of the molecule is O=C1C(=O)N(c2cccc(Cl)c2)C(c2ccc(O)cc2)/C1=C(\O)c1ccc([N+](=O)[O-])cc1. The second kappa shape index (κ2) is 8.16. The Labute approximate surface area is 186 Å². The minimum absolute atomic E-state index is 0.0103. The molecule has 1 heterocycles. The van der Waals surface area contributed by atoms with Crippen molar-refractivity contribution < 1.29 is 24.7 Å². The fraction of sp³-hybridized carbons (Fsp3) is 0.0435. The smallest absolute Gasteiger partial charge is 0.300 e. The highest BCUT2D eigenvalue weighted by Crippen LogP contribution is 2.42. The van der Waals surface area contributed by atoms with Crippen LogP contribution in [0.1, 0.15) is 17.2 Å². The van der Waals surface area contributed by atoms with E-state index >= 15 is 0 Å². The van der Waals surface area contributed by atoms with Gasteiger partial charge in [0, 0.05) is 28.4 Å². The number of rotatable bonds is 4. The third kappa shape index (κ3) is 3.67. The molecule has 2 N–H and O–H groups in total. The molecule has 8 nitrogen and oxygen atoms in total. The number of Topliss-reactive ketones (excluding diaryl/α,β-unsaturated/α-hetero) is 1. The van der Waals surface area contributed by atoms with Crippen LogP contribution in [0.25, 0.3) is 5.76 Å². The first-order chi connectivity index (χ1) is 15.3. The van der Waals surface area contributed by atoms with Crippen molar-refractivity contribution in [1.29, 1.82) is 0 Å². The van der Waals surface area contributed by atoms with Gasteiger partial charge < -0.3 is 10.2 Å². The van der Waals surface area contributed by atoms with E-state index in [0.717, 1.165) is 0 Å². The van der Waals surface area contributed by atoms with Gasteiger partial charge in [0.15, 0.2) is 0 Å². The van der Waals surface area contributed by atoms with Crippen molar-refractivity contribution in [1.82, 2.24) is 0 Å². The Morgan fingerprint density at radius 2 is 1.66 bits per heavy atom. The van der Waals surface area contributed by atoms with E-state index in [2.05, 4.69) is 0 Å². The molecule has 0 aliphatic carbocycles. The van der Waals surface area contributed by atoms with Crippen LogP contribution in [0.4, 0.5) is 11.4 Å². The molecule has 0 saturated carbocycles. The number of ketones is 1. The van der Waals surface area contributed by atoms with E-state index < -0.39 is 28.4 Å². The van der Waals surface area contributed by atoms with Crippen LogP contribution in [0, 0.1) is 10.1 Å². The van der Waals surface area contributed by atoms with Gasteiger partial charge in [-0.15, -0.1) is 0 Å². The van der Waals surface area contributed by atoms with E-state index in [1.54, 1.807) is 18.2 Å². The van der Waals surface area contributed by atoms with Gasteiger partial charge >= 0.3 is 0 Å². The van der Waals surface area contributed by atoms with Crippen molar-refractivity contribution >= 4 is 40.4 Å². The largest absolute Gasteiger partial charge is 0.508 e.